The van der Waals surface area contributed by atoms with Crippen LogP contribution in [0.5, 0.6) is 11.5 Å². The number of nitrogens with one attached hydrogen (secondary N) is 1. The molecule has 2 heterocycles. The van der Waals surface area contributed by atoms with Crippen LogP contribution in [0.3, 0.4) is 0 Å². The Balaban J connectivity index is 1.77. The number of rotatable bonds is 7. The van der Waals surface area contributed by atoms with Crippen LogP contribution in [0.15, 0.2) is 34.9 Å². The highest BCUT2D eigenvalue weighted by Crippen LogP contribution is 2.28. The fourth-order valence-corrected chi connectivity index (χ4v) is 2.53. The SMILES string of the molecule is CCOc1ccc2nc(-c3ncc(OC[C@H](C)NC(C)=O)cc3F)oc2c1. The maximum atomic E-state index is 14.5. The van der Waals surface area contributed by atoms with Gasteiger partial charge in [-0.25, -0.2) is 14.4 Å². The third kappa shape index (κ3) is 4.52. The van der Waals surface area contributed by atoms with E-state index in [9.17, 15) is 9.18 Å². The predicted molar refractivity (Wildman–Crippen MR) is 97.1 cm³/mol. The molecule has 0 spiro atoms. The molecule has 27 heavy (non-hydrogen) atoms. The Labute approximate surface area is 155 Å². The smallest absolute Gasteiger partial charge is 0.249 e. The standard InChI is InChI=1S/C19H20FN3O4/c1-4-25-13-5-6-16-17(8-13)27-19(23-16)18-15(20)7-14(9-21-18)26-10-11(2)22-12(3)24/h5-9,11H,4,10H2,1-3H3,(H,22,24)/t11-/m0/s1. The number of nitrogens with zero attached hydrogens (tertiary/aromatic N) is 2. The van der Waals surface area contributed by atoms with Gasteiger partial charge >= 0.3 is 0 Å². The Morgan fingerprint density at radius 2 is 2.11 bits per heavy atom. The van der Waals surface area contributed by atoms with Crippen molar-refractivity contribution in [3.05, 3.63) is 36.3 Å². The number of aromatic nitrogens is 2. The molecule has 1 N–H and O–H groups in total. The van der Waals surface area contributed by atoms with Crippen LogP contribution < -0.4 is 14.8 Å². The van der Waals surface area contributed by atoms with E-state index in [1.807, 2.05) is 6.92 Å². The van der Waals surface area contributed by atoms with Crippen molar-refractivity contribution in [2.75, 3.05) is 13.2 Å². The summed E-state index contributed by atoms with van der Waals surface area (Å²) in [7, 11) is 0. The molecule has 142 valence electrons. The minimum Gasteiger partial charge on any atom is -0.494 e. The van der Waals surface area contributed by atoms with Gasteiger partial charge in [0.15, 0.2) is 17.1 Å². The van der Waals surface area contributed by atoms with Gasteiger partial charge in [0.25, 0.3) is 0 Å². The number of halogens is 1. The van der Waals surface area contributed by atoms with Crippen LogP contribution in [-0.4, -0.2) is 35.1 Å². The van der Waals surface area contributed by atoms with E-state index in [-0.39, 0.29) is 35.9 Å². The maximum Gasteiger partial charge on any atom is 0.249 e. The summed E-state index contributed by atoms with van der Waals surface area (Å²) < 4.78 is 31.0. The summed E-state index contributed by atoms with van der Waals surface area (Å²) in [5.74, 6) is 0.209. The predicted octanol–water partition coefficient (Wildman–Crippen LogP) is 3.33. The van der Waals surface area contributed by atoms with Gasteiger partial charge in [0.2, 0.25) is 11.8 Å². The average Bonchev–Trinajstić information content (AvgIpc) is 3.02. The highest BCUT2D eigenvalue weighted by atomic mass is 19.1. The van der Waals surface area contributed by atoms with Crippen LogP contribution in [0.4, 0.5) is 4.39 Å². The van der Waals surface area contributed by atoms with E-state index in [0.717, 1.165) is 0 Å². The number of amides is 1. The van der Waals surface area contributed by atoms with E-state index in [2.05, 4.69) is 15.3 Å². The number of oxazole rings is 1. The number of fused-ring (bicyclic) bond motifs is 1. The Morgan fingerprint density at radius 3 is 2.81 bits per heavy atom. The van der Waals surface area contributed by atoms with Gasteiger partial charge in [0.1, 0.15) is 23.6 Å². The van der Waals surface area contributed by atoms with Gasteiger partial charge < -0.3 is 19.2 Å². The Bertz CT molecular complexity index is 957. The van der Waals surface area contributed by atoms with E-state index in [1.165, 1.54) is 19.2 Å². The van der Waals surface area contributed by atoms with Crippen molar-refractivity contribution < 1.29 is 23.1 Å². The molecule has 1 atom stereocenters. The highest BCUT2D eigenvalue weighted by molar-refractivity contribution is 5.77. The molecule has 0 aliphatic carbocycles. The summed E-state index contributed by atoms with van der Waals surface area (Å²) in [6, 6.07) is 6.22. The van der Waals surface area contributed by atoms with Gasteiger partial charge in [0.05, 0.1) is 18.8 Å². The maximum absolute atomic E-state index is 14.5. The molecule has 0 aliphatic rings. The molecular formula is C19H20FN3O4. The molecule has 0 aliphatic heterocycles. The number of carbonyl (C=O) groups excluding carboxylic acids is 1. The second kappa shape index (κ2) is 8.03. The van der Waals surface area contributed by atoms with Crippen LogP contribution in [0.25, 0.3) is 22.7 Å². The highest BCUT2D eigenvalue weighted by Gasteiger charge is 2.16. The lowest BCUT2D eigenvalue weighted by atomic mass is 10.3. The molecule has 0 fully saturated rings. The van der Waals surface area contributed by atoms with Crippen LogP contribution in [0.2, 0.25) is 0 Å². The topological polar surface area (TPSA) is 86.5 Å². The molecule has 0 unspecified atom stereocenters. The van der Waals surface area contributed by atoms with E-state index in [4.69, 9.17) is 13.9 Å². The zero-order valence-electron chi connectivity index (χ0n) is 15.3. The molecule has 0 bridgehead atoms. The fourth-order valence-electron chi connectivity index (χ4n) is 2.53. The summed E-state index contributed by atoms with van der Waals surface area (Å²) >= 11 is 0. The zero-order valence-corrected chi connectivity index (χ0v) is 15.3. The molecule has 2 aromatic heterocycles. The van der Waals surface area contributed by atoms with Gasteiger partial charge in [0, 0.05) is 19.1 Å². The molecular weight excluding hydrogens is 353 g/mol. The molecule has 0 saturated carbocycles. The van der Waals surface area contributed by atoms with E-state index >= 15 is 0 Å². The van der Waals surface area contributed by atoms with Gasteiger partial charge in [-0.05, 0) is 26.0 Å². The van der Waals surface area contributed by atoms with Crippen molar-refractivity contribution in [2.45, 2.75) is 26.8 Å². The molecule has 0 saturated heterocycles. The van der Waals surface area contributed by atoms with E-state index in [1.54, 1.807) is 25.1 Å². The van der Waals surface area contributed by atoms with Crippen molar-refractivity contribution in [2.24, 2.45) is 0 Å². The molecule has 1 aromatic carbocycles. The molecule has 7 nitrogen and oxygen atoms in total. The fraction of sp³-hybridized carbons (Fsp3) is 0.316. The summed E-state index contributed by atoms with van der Waals surface area (Å²) in [6.07, 6.45) is 1.39. The van der Waals surface area contributed by atoms with Gasteiger partial charge in [-0.1, -0.05) is 0 Å². The third-order valence-electron chi connectivity index (χ3n) is 3.64. The number of hydrogen-bond donors (Lipinski definition) is 1. The number of hydrogen-bond acceptors (Lipinski definition) is 6. The van der Waals surface area contributed by atoms with Crippen molar-refractivity contribution in [1.29, 1.82) is 0 Å². The van der Waals surface area contributed by atoms with Gasteiger partial charge in [-0.2, -0.15) is 0 Å². The molecule has 0 radical (unpaired) electrons. The van der Waals surface area contributed by atoms with Crippen LogP contribution in [0.1, 0.15) is 20.8 Å². The minimum absolute atomic E-state index is 0.00795. The van der Waals surface area contributed by atoms with E-state index < -0.39 is 5.82 Å². The van der Waals surface area contributed by atoms with Crippen molar-refractivity contribution >= 4 is 17.0 Å². The summed E-state index contributed by atoms with van der Waals surface area (Å²) in [5, 5.41) is 2.68. The molecule has 3 rings (SSSR count). The number of benzene rings is 1. The number of ether oxygens (including phenoxy) is 2. The number of carbonyl (C=O) groups is 1. The summed E-state index contributed by atoms with van der Waals surface area (Å²) in [5.41, 5.74) is 1.06. The first-order valence-corrected chi connectivity index (χ1v) is 8.55. The molecule has 8 heteroatoms. The molecule has 3 aromatic rings. The lowest BCUT2D eigenvalue weighted by Crippen LogP contribution is -2.35. The van der Waals surface area contributed by atoms with Crippen LogP contribution >= 0.6 is 0 Å². The lowest BCUT2D eigenvalue weighted by molar-refractivity contribution is -0.119. The summed E-state index contributed by atoms with van der Waals surface area (Å²) in [6.45, 7) is 5.82. The second-order valence-electron chi connectivity index (χ2n) is 6.00. The van der Waals surface area contributed by atoms with Crippen LogP contribution in [-0.2, 0) is 4.79 Å². The normalized spacial score (nSPS) is 12.0. The van der Waals surface area contributed by atoms with Crippen LogP contribution in [0, 0.1) is 5.82 Å². The van der Waals surface area contributed by atoms with Gasteiger partial charge in [-0.15, -0.1) is 0 Å². The van der Waals surface area contributed by atoms with Crippen molar-refractivity contribution in [3.8, 4) is 23.1 Å². The zero-order chi connectivity index (χ0) is 19.4. The Hall–Kier alpha value is -3.16. The van der Waals surface area contributed by atoms with Crippen molar-refractivity contribution in [1.82, 2.24) is 15.3 Å². The first-order chi connectivity index (χ1) is 13.0. The van der Waals surface area contributed by atoms with Gasteiger partial charge in [-0.3, -0.25) is 4.79 Å². The average molecular weight is 373 g/mol. The quantitative estimate of drug-likeness (QED) is 0.684. The molecule has 1 amide bonds. The largest absolute Gasteiger partial charge is 0.494 e. The lowest BCUT2D eigenvalue weighted by Gasteiger charge is -2.13. The van der Waals surface area contributed by atoms with E-state index in [0.29, 0.717) is 23.5 Å². The Morgan fingerprint density at radius 1 is 1.30 bits per heavy atom. The second-order valence-corrected chi connectivity index (χ2v) is 6.00. The van der Waals surface area contributed by atoms with Crippen molar-refractivity contribution in [3.63, 3.8) is 0 Å². The Kier molecular flexibility index (Phi) is 5.54. The number of pyridine rings is 1. The third-order valence-corrected chi connectivity index (χ3v) is 3.64. The minimum atomic E-state index is -0.615. The first kappa shape index (κ1) is 18.6. The summed E-state index contributed by atoms with van der Waals surface area (Å²) in [4.78, 5) is 19.3. The monoisotopic (exact) mass is 373 g/mol. The first-order valence-electron chi connectivity index (χ1n) is 8.55.